The molecule has 1 atom stereocenters. The number of hydrogen-bond acceptors (Lipinski definition) is 3. The fourth-order valence-electron chi connectivity index (χ4n) is 3.18. The summed E-state index contributed by atoms with van der Waals surface area (Å²) >= 11 is 0. The molecule has 1 N–H and O–H groups in total. The second-order valence-electron chi connectivity index (χ2n) is 7.25. The number of amides is 4. The Balaban J connectivity index is 1.81. The van der Waals surface area contributed by atoms with Crippen molar-refractivity contribution in [2.45, 2.75) is 26.3 Å². The lowest BCUT2D eigenvalue weighted by atomic mass is 10.1. The van der Waals surface area contributed by atoms with E-state index in [0.29, 0.717) is 5.69 Å². The van der Waals surface area contributed by atoms with E-state index in [2.05, 4.69) is 5.32 Å². The molecule has 6 nitrogen and oxygen atoms in total. The summed E-state index contributed by atoms with van der Waals surface area (Å²) in [7, 11) is 0. The fraction of sp³-hybridized carbons (Fsp3) is 0.286. The summed E-state index contributed by atoms with van der Waals surface area (Å²) in [6.45, 7) is 4.08. The summed E-state index contributed by atoms with van der Waals surface area (Å²) in [5.41, 5.74) is 0.635. The van der Waals surface area contributed by atoms with E-state index in [-0.39, 0.29) is 24.6 Å². The van der Waals surface area contributed by atoms with Crippen LogP contribution in [-0.4, -0.2) is 35.3 Å². The molecule has 0 spiro atoms. The Morgan fingerprint density at radius 1 is 1.00 bits per heavy atom. The number of urea groups is 1. The third-order valence-corrected chi connectivity index (χ3v) is 4.47. The van der Waals surface area contributed by atoms with Crippen LogP contribution in [0.5, 0.6) is 0 Å². The molecule has 1 fully saturated rings. The molecule has 29 heavy (non-hydrogen) atoms. The monoisotopic (exact) mass is 401 g/mol. The van der Waals surface area contributed by atoms with E-state index in [4.69, 9.17) is 0 Å². The highest BCUT2D eigenvalue weighted by Crippen LogP contribution is 2.28. The van der Waals surface area contributed by atoms with Gasteiger partial charge in [0.05, 0.1) is 12.1 Å². The second-order valence-corrected chi connectivity index (χ2v) is 7.25. The van der Waals surface area contributed by atoms with Crippen molar-refractivity contribution in [3.8, 4) is 0 Å². The number of halogens is 2. The number of nitrogens with one attached hydrogen (secondary N) is 1. The van der Waals surface area contributed by atoms with E-state index in [1.807, 2.05) is 13.8 Å². The molecule has 1 aliphatic heterocycles. The van der Waals surface area contributed by atoms with Crippen LogP contribution in [0.25, 0.3) is 0 Å². The molecule has 1 saturated heterocycles. The lowest BCUT2D eigenvalue weighted by Gasteiger charge is -2.23. The van der Waals surface area contributed by atoms with Crippen molar-refractivity contribution in [2.24, 2.45) is 5.92 Å². The van der Waals surface area contributed by atoms with Gasteiger partial charge in [-0.3, -0.25) is 9.59 Å². The zero-order valence-corrected chi connectivity index (χ0v) is 16.1. The number of rotatable bonds is 6. The van der Waals surface area contributed by atoms with Gasteiger partial charge >= 0.3 is 6.03 Å². The summed E-state index contributed by atoms with van der Waals surface area (Å²) in [5, 5.41) is 2.60. The van der Waals surface area contributed by atoms with Gasteiger partial charge in [0.25, 0.3) is 5.91 Å². The number of nitrogens with zero attached hydrogens (tertiary/aromatic N) is 2. The fourth-order valence-corrected chi connectivity index (χ4v) is 3.18. The first-order valence-corrected chi connectivity index (χ1v) is 9.22. The largest absolute Gasteiger partial charge is 0.332 e. The van der Waals surface area contributed by atoms with E-state index in [1.165, 1.54) is 41.3 Å². The van der Waals surface area contributed by atoms with Crippen LogP contribution >= 0.6 is 0 Å². The molecule has 152 valence electrons. The third kappa shape index (κ3) is 4.59. The Morgan fingerprint density at radius 2 is 1.55 bits per heavy atom. The van der Waals surface area contributed by atoms with Crippen LogP contribution in [0.1, 0.15) is 20.3 Å². The van der Waals surface area contributed by atoms with E-state index in [0.717, 1.165) is 17.0 Å². The SMILES string of the molecule is CC(C)CN1C(=O)N(c2ccc(F)cc2)C(=O)C1CC(=O)Nc1ccc(F)cc1. The quantitative estimate of drug-likeness (QED) is 0.749. The minimum Gasteiger partial charge on any atom is -0.326 e. The highest BCUT2D eigenvalue weighted by Gasteiger charge is 2.46. The van der Waals surface area contributed by atoms with Crippen LogP contribution < -0.4 is 10.2 Å². The number of anilines is 2. The molecule has 0 aliphatic carbocycles. The normalized spacial score (nSPS) is 16.7. The molecular weight excluding hydrogens is 380 g/mol. The molecule has 4 amide bonds. The maximum Gasteiger partial charge on any atom is 0.332 e. The Hall–Kier alpha value is -3.29. The molecule has 2 aromatic carbocycles. The number of benzene rings is 2. The summed E-state index contributed by atoms with van der Waals surface area (Å²) < 4.78 is 26.2. The Bertz CT molecular complexity index is 914. The average Bonchev–Trinajstić information content (AvgIpc) is 2.88. The minimum atomic E-state index is -0.976. The van der Waals surface area contributed by atoms with Gasteiger partial charge in [-0.2, -0.15) is 0 Å². The maximum atomic E-state index is 13.2. The molecule has 2 aromatic rings. The van der Waals surface area contributed by atoms with Gasteiger partial charge in [0, 0.05) is 12.2 Å². The lowest BCUT2D eigenvalue weighted by Crippen LogP contribution is -2.40. The lowest BCUT2D eigenvalue weighted by molar-refractivity contribution is -0.124. The van der Waals surface area contributed by atoms with Crippen molar-refractivity contribution in [3.05, 3.63) is 60.2 Å². The van der Waals surface area contributed by atoms with Crippen LogP contribution in [0.3, 0.4) is 0 Å². The van der Waals surface area contributed by atoms with Gasteiger partial charge in [-0.1, -0.05) is 13.8 Å². The van der Waals surface area contributed by atoms with Crippen molar-refractivity contribution in [3.63, 3.8) is 0 Å². The molecule has 3 rings (SSSR count). The highest BCUT2D eigenvalue weighted by atomic mass is 19.1. The number of carbonyl (C=O) groups is 3. The van der Waals surface area contributed by atoms with Gasteiger partial charge in [-0.15, -0.1) is 0 Å². The molecule has 0 aromatic heterocycles. The first kappa shape index (κ1) is 20.4. The van der Waals surface area contributed by atoms with Gasteiger partial charge in [-0.25, -0.2) is 18.5 Å². The molecule has 0 saturated carbocycles. The predicted octanol–water partition coefficient (Wildman–Crippen LogP) is 3.79. The van der Waals surface area contributed by atoms with Crippen molar-refractivity contribution in [2.75, 3.05) is 16.8 Å². The molecule has 0 radical (unpaired) electrons. The summed E-state index contributed by atoms with van der Waals surface area (Å²) in [6, 6.07) is 8.73. The zero-order valence-electron chi connectivity index (χ0n) is 16.1. The Morgan fingerprint density at radius 3 is 2.10 bits per heavy atom. The van der Waals surface area contributed by atoms with Crippen molar-refractivity contribution in [1.29, 1.82) is 0 Å². The first-order valence-electron chi connectivity index (χ1n) is 9.22. The third-order valence-electron chi connectivity index (χ3n) is 4.47. The summed E-state index contributed by atoms with van der Waals surface area (Å²) in [6.07, 6.45) is -0.244. The van der Waals surface area contributed by atoms with E-state index in [1.54, 1.807) is 0 Å². The Labute approximate surface area is 167 Å². The summed E-state index contributed by atoms with van der Waals surface area (Å²) in [5.74, 6) is -1.86. The topological polar surface area (TPSA) is 69.7 Å². The first-order chi connectivity index (χ1) is 13.8. The van der Waals surface area contributed by atoms with Gasteiger partial charge in [0.1, 0.15) is 17.7 Å². The molecular formula is C21H21F2N3O3. The zero-order chi connectivity index (χ0) is 21.1. The van der Waals surface area contributed by atoms with Gasteiger partial charge < -0.3 is 10.2 Å². The van der Waals surface area contributed by atoms with E-state index in [9.17, 15) is 23.2 Å². The number of imide groups is 1. The van der Waals surface area contributed by atoms with Gasteiger partial charge in [0.15, 0.2) is 0 Å². The maximum absolute atomic E-state index is 13.2. The summed E-state index contributed by atoms with van der Waals surface area (Å²) in [4.78, 5) is 40.6. The molecule has 0 bridgehead atoms. The van der Waals surface area contributed by atoms with Crippen LogP contribution in [0.15, 0.2) is 48.5 Å². The van der Waals surface area contributed by atoms with Crippen LogP contribution in [0.2, 0.25) is 0 Å². The van der Waals surface area contributed by atoms with E-state index >= 15 is 0 Å². The molecule has 1 heterocycles. The smallest absolute Gasteiger partial charge is 0.326 e. The van der Waals surface area contributed by atoms with Crippen molar-refractivity contribution in [1.82, 2.24) is 4.90 Å². The highest BCUT2D eigenvalue weighted by molar-refractivity contribution is 6.22. The second kappa shape index (κ2) is 8.38. The standard InChI is InChI=1S/C21H21F2N3O3/c1-13(2)12-25-18(11-19(27)24-16-7-3-14(22)4-8-16)20(28)26(21(25)29)17-9-5-15(23)6-10-17/h3-10,13,18H,11-12H2,1-2H3,(H,24,27). The van der Waals surface area contributed by atoms with Crippen LogP contribution in [-0.2, 0) is 9.59 Å². The van der Waals surface area contributed by atoms with Crippen molar-refractivity contribution < 1.29 is 23.2 Å². The number of carbonyl (C=O) groups excluding carboxylic acids is 3. The Kier molecular flexibility index (Phi) is 5.91. The van der Waals surface area contributed by atoms with Crippen LogP contribution in [0, 0.1) is 17.6 Å². The number of hydrogen-bond donors (Lipinski definition) is 1. The van der Waals surface area contributed by atoms with Crippen LogP contribution in [0.4, 0.5) is 25.0 Å². The van der Waals surface area contributed by atoms with Gasteiger partial charge in [0.2, 0.25) is 5.91 Å². The average molecular weight is 401 g/mol. The predicted molar refractivity (Wildman–Crippen MR) is 104 cm³/mol. The molecule has 1 aliphatic rings. The molecule has 1 unspecified atom stereocenters. The van der Waals surface area contributed by atoms with Gasteiger partial charge in [-0.05, 0) is 54.4 Å². The van der Waals surface area contributed by atoms with E-state index < -0.39 is 35.5 Å². The molecule has 8 heteroatoms. The minimum absolute atomic E-state index is 0.0718. The van der Waals surface area contributed by atoms with Crippen molar-refractivity contribution >= 4 is 29.2 Å².